The summed E-state index contributed by atoms with van der Waals surface area (Å²) in [5.74, 6) is 0. The summed E-state index contributed by atoms with van der Waals surface area (Å²) in [6, 6.07) is 0. The Morgan fingerprint density at radius 1 is 1.75 bits per heavy atom. The van der Waals surface area contributed by atoms with Crippen molar-refractivity contribution in [2.45, 2.75) is 24.6 Å². The van der Waals surface area contributed by atoms with E-state index in [1.54, 1.807) is 0 Å². The van der Waals surface area contributed by atoms with E-state index in [4.69, 9.17) is 0 Å². The van der Waals surface area contributed by atoms with Gasteiger partial charge in [-0.3, -0.25) is 4.90 Å². The molecule has 12 heavy (non-hydrogen) atoms. The molecule has 0 aliphatic carbocycles. The third-order valence-corrected chi connectivity index (χ3v) is 3.19. The summed E-state index contributed by atoms with van der Waals surface area (Å²) in [5.41, 5.74) is 0.601. The molecule has 2 heterocycles. The van der Waals surface area contributed by atoms with Crippen LogP contribution in [0.5, 0.6) is 0 Å². The van der Waals surface area contributed by atoms with E-state index in [0.29, 0.717) is 13.0 Å². The topological polar surface area (TPSA) is 23.5 Å². The van der Waals surface area contributed by atoms with Crippen molar-refractivity contribution < 1.29 is 9.50 Å². The molecule has 3 heteroatoms. The van der Waals surface area contributed by atoms with Crippen molar-refractivity contribution in [1.29, 1.82) is 0 Å². The first-order valence-corrected chi connectivity index (χ1v) is 4.37. The summed E-state index contributed by atoms with van der Waals surface area (Å²) in [4.78, 5) is 2.03. The third kappa shape index (κ3) is 0.866. The van der Waals surface area contributed by atoms with Crippen LogP contribution in [0.4, 0.5) is 4.39 Å². The van der Waals surface area contributed by atoms with Gasteiger partial charge in [-0.1, -0.05) is 12.2 Å². The molecular weight excluding hydrogens is 157 g/mol. The Balaban J connectivity index is 2.28. The predicted octanol–water partition coefficient (Wildman–Crippen LogP) is 0.721. The monoisotopic (exact) mass is 171 g/mol. The highest BCUT2D eigenvalue weighted by atomic mass is 19.1. The summed E-state index contributed by atoms with van der Waals surface area (Å²) in [6.07, 6.45) is 0.560. The molecule has 0 radical (unpaired) electrons. The number of rotatable bonds is 1. The Bertz CT molecular complexity index is 219. The molecule has 2 saturated heterocycles. The zero-order chi connectivity index (χ0) is 8.77. The van der Waals surface area contributed by atoms with Crippen LogP contribution in [0.2, 0.25) is 0 Å². The van der Waals surface area contributed by atoms with E-state index in [2.05, 4.69) is 6.58 Å². The van der Waals surface area contributed by atoms with E-state index >= 15 is 0 Å². The smallest absolute Gasteiger partial charge is 0.115 e. The number of aliphatic hydroxyl groups excluding tert-OH is 1. The van der Waals surface area contributed by atoms with E-state index in [1.165, 1.54) is 0 Å². The first-order valence-electron chi connectivity index (χ1n) is 4.37. The lowest BCUT2D eigenvalue weighted by Crippen LogP contribution is -2.42. The van der Waals surface area contributed by atoms with Gasteiger partial charge in [-0.2, -0.15) is 0 Å². The van der Waals surface area contributed by atoms with Crippen LogP contribution in [-0.2, 0) is 0 Å². The number of halogens is 1. The van der Waals surface area contributed by atoms with Gasteiger partial charge in [0, 0.05) is 19.5 Å². The summed E-state index contributed by atoms with van der Waals surface area (Å²) in [5, 5.41) is 9.25. The molecule has 0 spiro atoms. The maximum atomic E-state index is 13.1. The fourth-order valence-corrected chi connectivity index (χ4v) is 2.43. The average Bonchev–Trinajstić information content (AvgIpc) is 2.50. The Kier molecular flexibility index (Phi) is 1.73. The normalized spacial score (nSPS) is 42.2. The number of nitrogens with zero attached hydrogens (tertiary/aromatic N) is 1. The molecule has 0 unspecified atom stereocenters. The van der Waals surface area contributed by atoms with Crippen LogP contribution in [-0.4, -0.2) is 41.4 Å². The summed E-state index contributed by atoms with van der Waals surface area (Å²) < 4.78 is 13.1. The van der Waals surface area contributed by atoms with E-state index in [9.17, 15) is 9.50 Å². The van der Waals surface area contributed by atoms with Crippen molar-refractivity contribution in [3.63, 3.8) is 0 Å². The highest BCUT2D eigenvalue weighted by molar-refractivity contribution is 5.26. The first-order chi connectivity index (χ1) is 5.69. The molecule has 0 aromatic carbocycles. The van der Waals surface area contributed by atoms with Gasteiger partial charge in [-0.15, -0.1) is 0 Å². The van der Waals surface area contributed by atoms with Crippen LogP contribution >= 0.6 is 0 Å². The molecule has 2 aliphatic heterocycles. The molecule has 0 aromatic heterocycles. The molecule has 2 atom stereocenters. The number of hydrogen-bond acceptors (Lipinski definition) is 2. The minimum absolute atomic E-state index is 0.0201. The number of aliphatic hydroxyl groups is 1. The Hall–Kier alpha value is -0.410. The lowest BCUT2D eigenvalue weighted by Gasteiger charge is -2.30. The SMILES string of the molecule is C=C1CCN2C[C@H](F)C[C@@]12CO. The Morgan fingerprint density at radius 2 is 2.50 bits per heavy atom. The zero-order valence-electron chi connectivity index (χ0n) is 7.09. The van der Waals surface area contributed by atoms with Gasteiger partial charge >= 0.3 is 0 Å². The molecule has 2 fully saturated rings. The molecule has 0 aromatic rings. The highest BCUT2D eigenvalue weighted by Gasteiger charge is 2.50. The predicted molar refractivity (Wildman–Crippen MR) is 44.7 cm³/mol. The minimum atomic E-state index is -0.783. The highest BCUT2D eigenvalue weighted by Crippen LogP contribution is 2.42. The van der Waals surface area contributed by atoms with Gasteiger partial charge in [0.05, 0.1) is 12.1 Å². The maximum Gasteiger partial charge on any atom is 0.115 e. The first kappa shape index (κ1) is 8.20. The van der Waals surface area contributed by atoms with Crippen molar-refractivity contribution in [3.05, 3.63) is 12.2 Å². The summed E-state index contributed by atoms with van der Waals surface area (Å²) in [6.45, 7) is 5.26. The Morgan fingerprint density at radius 3 is 3.08 bits per heavy atom. The van der Waals surface area contributed by atoms with Crippen molar-refractivity contribution in [3.8, 4) is 0 Å². The quantitative estimate of drug-likeness (QED) is 0.588. The molecule has 0 amide bonds. The van der Waals surface area contributed by atoms with Gasteiger partial charge in [0.15, 0.2) is 0 Å². The molecule has 2 rings (SSSR count). The van der Waals surface area contributed by atoms with Crippen LogP contribution in [0.1, 0.15) is 12.8 Å². The van der Waals surface area contributed by atoms with Crippen molar-refractivity contribution >= 4 is 0 Å². The molecule has 1 N–H and O–H groups in total. The van der Waals surface area contributed by atoms with E-state index in [-0.39, 0.29) is 6.61 Å². The molecule has 0 saturated carbocycles. The minimum Gasteiger partial charge on any atom is -0.394 e. The van der Waals surface area contributed by atoms with Crippen LogP contribution in [0.15, 0.2) is 12.2 Å². The number of hydrogen-bond donors (Lipinski definition) is 1. The van der Waals surface area contributed by atoms with Gasteiger partial charge < -0.3 is 5.11 Å². The second-order valence-electron chi connectivity index (χ2n) is 3.79. The lowest BCUT2D eigenvalue weighted by atomic mass is 9.90. The van der Waals surface area contributed by atoms with Crippen molar-refractivity contribution in [2.75, 3.05) is 19.7 Å². The average molecular weight is 171 g/mol. The molecule has 2 aliphatic rings. The molecule has 68 valence electrons. The van der Waals surface area contributed by atoms with Gasteiger partial charge in [0.1, 0.15) is 6.17 Å². The maximum absolute atomic E-state index is 13.1. The van der Waals surface area contributed by atoms with E-state index < -0.39 is 11.7 Å². The van der Waals surface area contributed by atoms with Crippen LogP contribution in [0.25, 0.3) is 0 Å². The second-order valence-corrected chi connectivity index (χ2v) is 3.79. The lowest BCUT2D eigenvalue weighted by molar-refractivity contribution is 0.123. The van der Waals surface area contributed by atoms with Crippen LogP contribution < -0.4 is 0 Å². The summed E-state index contributed by atoms with van der Waals surface area (Å²) in [7, 11) is 0. The van der Waals surface area contributed by atoms with Gasteiger partial charge in [-0.05, 0) is 6.42 Å². The molecule has 0 bridgehead atoms. The second kappa shape index (κ2) is 2.54. The summed E-state index contributed by atoms with van der Waals surface area (Å²) >= 11 is 0. The molecular formula is C9H14FNO. The van der Waals surface area contributed by atoms with Gasteiger partial charge in [-0.25, -0.2) is 4.39 Å². The van der Waals surface area contributed by atoms with E-state index in [0.717, 1.165) is 18.5 Å². The number of alkyl halides is 1. The van der Waals surface area contributed by atoms with E-state index in [1.807, 2.05) is 4.90 Å². The fraction of sp³-hybridized carbons (Fsp3) is 0.778. The third-order valence-electron chi connectivity index (χ3n) is 3.19. The van der Waals surface area contributed by atoms with Crippen molar-refractivity contribution in [1.82, 2.24) is 4.90 Å². The molecule has 2 nitrogen and oxygen atoms in total. The van der Waals surface area contributed by atoms with Crippen LogP contribution in [0, 0.1) is 0 Å². The van der Waals surface area contributed by atoms with Crippen molar-refractivity contribution in [2.24, 2.45) is 0 Å². The fourth-order valence-electron chi connectivity index (χ4n) is 2.43. The van der Waals surface area contributed by atoms with Gasteiger partial charge in [0.25, 0.3) is 0 Å². The van der Waals surface area contributed by atoms with Crippen LogP contribution in [0.3, 0.4) is 0 Å². The standard InChI is InChI=1S/C9H14FNO/c1-7-2-3-11-5-8(10)4-9(7,11)6-12/h8,12H,1-6H2/t8-,9-/m1/s1. The zero-order valence-corrected chi connectivity index (χ0v) is 7.09. The van der Waals surface area contributed by atoms with Gasteiger partial charge in [0.2, 0.25) is 0 Å². The largest absolute Gasteiger partial charge is 0.394 e. The Labute approximate surface area is 71.7 Å². The number of fused-ring (bicyclic) bond motifs is 1.